The summed E-state index contributed by atoms with van der Waals surface area (Å²) in [7, 11) is 0. The van der Waals surface area contributed by atoms with E-state index in [0.717, 1.165) is 0 Å². The molecule has 1 aliphatic rings. The Morgan fingerprint density at radius 3 is 2.50 bits per heavy atom. The molecule has 0 aromatic carbocycles. The Kier molecular flexibility index (Phi) is 4.01. The molecule has 0 saturated carbocycles. The lowest BCUT2D eigenvalue weighted by Gasteiger charge is -2.40. The molecular weight excluding hydrogens is 279 g/mol. The number of aliphatic hydroxyl groups is 4. The number of halogens is 1. The number of aromatic nitrogens is 2. The number of rotatable bonds is 2. The fraction of sp³-hybridized carbons (Fsp3) is 0.600. The summed E-state index contributed by atoms with van der Waals surface area (Å²) in [6, 6.07) is 0. The Labute approximate surface area is 110 Å². The molecule has 20 heavy (non-hydrogen) atoms. The topological polar surface area (TPSA) is 145 Å². The minimum Gasteiger partial charge on any atom is -0.394 e. The number of ether oxygens (including phenoxy) is 1. The van der Waals surface area contributed by atoms with Gasteiger partial charge < -0.3 is 25.2 Å². The average molecular weight is 292 g/mol. The smallest absolute Gasteiger partial charge is 0.330 e. The van der Waals surface area contributed by atoms with E-state index in [0.29, 0.717) is 10.8 Å². The van der Waals surface area contributed by atoms with Crippen molar-refractivity contribution in [3.05, 3.63) is 32.9 Å². The zero-order valence-corrected chi connectivity index (χ0v) is 10.0. The molecule has 1 saturated heterocycles. The number of aromatic amines is 1. The van der Waals surface area contributed by atoms with Crippen LogP contribution in [0.5, 0.6) is 0 Å². The van der Waals surface area contributed by atoms with Gasteiger partial charge in [0.25, 0.3) is 5.56 Å². The van der Waals surface area contributed by atoms with Crippen LogP contribution in [0.3, 0.4) is 0 Å². The Bertz CT molecular complexity index is 598. The van der Waals surface area contributed by atoms with Crippen LogP contribution in [0.15, 0.2) is 15.8 Å². The first-order valence-corrected chi connectivity index (χ1v) is 5.68. The van der Waals surface area contributed by atoms with E-state index in [1.165, 1.54) is 0 Å². The Morgan fingerprint density at radius 2 is 1.90 bits per heavy atom. The third-order valence-electron chi connectivity index (χ3n) is 3.07. The average Bonchev–Trinajstić information content (AvgIpc) is 2.41. The quantitative estimate of drug-likeness (QED) is 0.383. The van der Waals surface area contributed by atoms with E-state index in [2.05, 4.69) is 0 Å². The van der Waals surface area contributed by atoms with E-state index in [1.54, 1.807) is 4.98 Å². The van der Waals surface area contributed by atoms with E-state index in [4.69, 9.17) is 9.84 Å². The van der Waals surface area contributed by atoms with Gasteiger partial charge in [-0.25, -0.2) is 4.79 Å². The maximum Gasteiger partial charge on any atom is 0.330 e. The highest BCUT2D eigenvalue weighted by atomic mass is 19.1. The van der Waals surface area contributed by atoms with Crippen molar-refractivity contribution in [1.29, 1.82) is 0 Å². The summed E-state index contributed by atoms with van der Waals surface area (Å²) in [6.45, 7) is -0.692. The summed E-state index contributed by atoms with van der Waals surface area (Å²) in [5.41, 5.74) is -2.31. The molecule has 0 bridgehead atoms. The lowest BCUT2D eigenvalue weighted by atomic mass is 9.98. The second-order valence-electron chi connectivity index (χ2n) is 4.36. The van der Waals surface area contributed by atoms with Gasteiger partial charge in [0, 0.05) is 0 Å². The summed E-state index contributed by atoms with van der Waals surface area (Å²) in [5, 5.41) is 37.9. The third-order valence-corrected chi connectivity index (χ3v) is 3.07. The second kappa shape index (κ2) is 5.42. The summed E-state index contributed by atoms with van der Waals surface area (Å²) >= 11 is 0. The van der Waals surface area contributed by atoms with Crippen LogP contribution in [0.2, 0.25) is 0 Å². The third kappa shape index (κ3) is 2.39. The second-order valence-corrected chi connectivity index (χ2v) is 4.36. The molecule has 5 N–H and O–H groups in total. The zero-order valence-electron chi connectivity index (χ0n) is 10.0. The molecule has 0 radical (unpaired) electrons. The number of hydrogen-bond donors (Lipinski definition) is 5. The highest BCUT2D eigenvalue weighted by Crippen LogP contribution is 2.27. The van der Waals surface area contributed by atoms with Gasteiger partial charge in [-0.15, -0.1) is 0 Å². The van der Waals surface area contributed by atoms with Gasteiger partial charge in [0.1, 0.15) is 24.4 Å². The van der Waals surface area contributed by atoms with Crippen LogP contribution in [-0.2, 0) is 4.74 Å². The first kappa shape index (κ1) is 14.8. The molecule has 10 heteroatoms. The molecule has 0 amide bonds. The minimum absolute atomic E-state index is 0.508. The highest BCUT2D eigenvalue weighted by molar-refractivity contribution is 4.95. The number of nitrogens with one attached hydrogen (secondary N) is 1. The number of H-pyrrole nitrogens is 1. The molecule has 0 spiro atoms. The minimum atomic E-state index is -1.75. The van der Waals surface area contributed by atoms with E-state index in [1.807, 2.05) is 0 Å². The molecule has 1 aromatic heterocycles. The number of aliphatic hydroxyl groups excluding tert-OH is 4. The van der Waals surface area contributed by atoms with Crippen molar-refractivity contribution in [2.45, 2.75) is 30.6 Å². The van der Waals surface area contributed by atoms with Gasteiger partial charge in [0.05, 0.1) is 12.8 Å². The fourth-order valence-electron chi connectivity index (χ4n) is 1.96. The van der Waals surface area contributed by atoms with Crippen LogP contribution in [0.1, 0.15) is 6.23 Å². The van der Waals surface area contributed by atoms with Crippen LogP contribution in [0, 0.1) is 5.82 Å². The first-order valence-electron chi connectivity index (χ1n) is 5.68. The zero-order chi connectivity index (χ0) is 15.0. The van der Waals surface area contributed by atoms with Gasteiger partial charge in [0.15, 0.2) is 6.23 Å². The highest BCUT2D eigenvalue weighted by Gasteiger charge is 2.44. The van der Waals surface area contributed by atoms with Crippen molar-refractivity contribution >= 4 is 0 Å². The number of hydrogen-bond acceptors (Lipinski definition) is 7. The molecule has 2 heterocycles. The SMILES string of the molecule is O=c1[nH]c(=O)n([C@H]2O[C@@H](CO)[C@@H](O)[C@@H](O)[C@H]2O)cc1F. The van der Waals surface area contributed by atoms with Crippen molar-refractivity contribution in [1.82, 2.24) is 9.55 Å². The van der Waals surface area contributed by atoms with Gasteiger partial charge in [0.2, 0.25) is 5.82 Å². The Morgan fingerprint density at radius 1 is 1.25 bits per heavy atom. The molecule has 0 unspecified atom stereocenters. The van der Waals surface area contributed by atoms with Crippen LogP contribution in [0.4, 0.5) is 4.39 Å². The van der Waals surface area contributed by atoms with E-state index >= 15 is 0 Å². The lowest BCUT2D eigenvalue weighted by molar-refractivity contribution is -0.252. The van der Waals surface area contributed by atoms with E-state index in [9.17, 15) is 29.3 Å². The maximum atomic E-state index is 13.2. The van der Waals surface area contributed by atoms with Crippen molar-refractivity contribution in [3.63, 3.8) is 0 Å². The van der Waals surface area contributed by atoms with Crippen LogP contribution < -0.4 is 11.2 Å². The van der Waals surface area contributed by atoms with Gasteiger partial charge in [-0.05, 0) is 0 Å². The summed E-state index contributed by atoms with van der Waals surface area (Å²) < 4.78 is 18.8. The number of nitrogens with zero attached hydrogens (tertiary/aromatic N) is 1. The van der Waals surface area contributed by atoms with Crippen LogP contribution in [-0.4, -0.2) is 61.0 Å². The molecule has 1 fully saturated rings. The normalized spacial score (nSPS) is 34.1. The molecule has 1 aromatic rings. The van der Waals surface area contributed by atoms with Crippen LogP contribution >= 0.6 is 0 Å². The largest absolute Gasteiger partial charge is 0.394 e. The van der Waals surface area contributed by atoms with Crippen molar-refractivity contribution < 1.29 is 29.6 Å². The molecule has 5 atom stereocenters. The predicted octanol–water partition coefficient (Wildman–Crippen LogP) is -3.35. The van der Waals surface area contributed by atoms with E-state index in [-0.39, 0.29) is 0 Å². The van der Waals surface area contributed by atoms with Crippen LogP contribution in [0.25, 0.3) is 0 Å². The van der Waals surface area contributed by atoms with Gasteiger partial charge in [-0.3, -0.25) is 14.3 Å². The standard InChI is InChI=1S/C10H13FN2O7/c11-3-1-13(10(19)12-8(3)18)9-7(17)6(16)5(15)4(2-14)20-9/h1,4-7,9,14-17H,2H2,(H,12,18,19)/t4-,5+,6+,7+,9-/m0/s1. The summed E-state index contributed by atoms with van der Waals surface area (Å²) in [4.78, 5) is 24.1. The Balaban J connectivity index is 2.44. The predicted molar refractivity (Wildman–Crippen MR) is 60.3 cm³/mol. The van der Waals surface area contributed by atoms with Crippen molar-refractivity contribution in [2.75, 3.05) is 6.61 Å². The van der Waals surface area contributed by atoms with Gasteiger partial charge in [-0.2, -0.15) is 4.39 Å². The Hall–Kier alpha value is -1.59. The molecular formula is C10H13FN2O7. The fourth-order valence-corrected chi connectivity index (χ4v) is 1.96. The van der Waals surface area contributed by atoms with Crippen molar-refractivity contribution in [2.24, 2.45) is 0 Å². The van der Waals surface area contributed by atoms with Gasteiger partial charge in [-0.1, -0.05) is 0 Å². The summed E-state index contributed by atoms with van der Waals surface area (Å²) in [6.07, 6.45) is -7.38. The molecule has 112 valence electrons. The monoisotopic (exact) mass is 292 g/mol. The summed E-state index contributed by atoms with van der Waals surface area (Å²) in [5.74, 6) is -1.29. The van der Waals surface area contributed by atoms with Gasteiger partial charge >= 0.3 is 5.69 Å². The molecule has 1 aliphatic heterocycles. The molecule has 2 rings (SSSR count). The van der Waals surface area contributed by atoms with Crippen molar-refractivity contribution in [3.8, 4) is 0 Å². The molecule has 9 nitrogen and oxygen atoms in total. The first-order chi connectivity index (χ1) is 9.36. The van der Waals surface area contributed by atoms with E-state index < -0.39 is 54.3 Å². The maximum absolute atomic E-state index is 13.2. The molecule has 0 aliphatic carbocycles. The lowest BCUT2D eigenvalue weighted by Crippen LogP contribution is -2.58.